The maximum absolute atomic E-state index is 2.56. The van der Waals surface area contributed by atoms with Crippen molar-refractivity contribution in [2.45, 2.75) is 12.8 Å². The predicted molar refractivity (Wildman–Crippen MR) is 280 cm³/mol. The van der Waals surface area contributed by atoms with Crippen molar-refractivity contribution in [1.82, 2.24) is 0 Å². The molecule has 0 spiro atoms. The minimum atomic E-state index is 0.137. The zero-order chi connectivity index (χ0) is 42.8. The van der Waals surface area contributed by atoms with Gasteiger partial charge < -0.3 is 0 Å². The van der Waals surface area contributed by atoms with Gasteiger partial charge in [-0.3, -0.25) is 0 Å². The van der Waals surface area contributed by atoms with Crippen LogP contribution in [-0.2, 0) is 0 Å². The summed E-state index contributed by atoms with van der Waals surface area (Å²) < 4.78 is 3.02. The van der Waals surface area contributed by atoms with E-state index in [0.717, 1.165) is 12.8 Å². The van der Waals surface area contributed by atoms with Gasteiger partial charge in [-0.15, -0.1) is 0 Å². The number of hydrogen-bond acceptors (Lipinski definition) is 0. The SMILES string of the molecule is C1=c2[se]c3c(-c4c5ccccc5c(-c5cc(-c6ccccc6)cc(-c6ccccc6)c5)c5ccccc45)cccc3c2=C(c2c3ccccc3c(-c3ccccc3)c3ccccc23)CC1. The molecule has 65 heavy (non-hydrogen) atoms. The molecular weight excluding hydrogens is 848 g/mol. The standard InChI is InChI=1S/C64H42Se/c1-4-20-41(21-5-1)44-38-45(42-22-6-2-7-23-42)40-46(39-44)60-49-28-12-16-32-53(49)62(54-33-17-13-29-50(54)60)56-35-18-36-57-63-55(34-19-37-58(63)65-64(56)57)61-51-30-14-10-26-47(51)59(43-24-8-3-9-25-43)48-27-11-15-31-52(48)61/h1-18,20-33,35-40H,19,34H2. The van der Waals surface area contributed by atoms with E-state index < -0.39 is 0 Å². The monoisotopic (exact) mass is 890 g/mol. The van der Waals surface area contributed by atoms with Gasteiger partial charge in [-0.1, -0.05) is 12.1 Å². The average molecular weight is 890 g/mol. The summed E-state index contributed by atoms with van der Waals surface area (Å²) in [7, 11) is 0. The summed E-state index contributed by atoms with van der Waals surface area (Å²) >= 11 is 0.137. The summed E-state index contributed by atoms with van der Waals surface area (Å²) in [6.07, 6.45) is 4.63. The fourth-order valence-electron chi connectivity index (χ4n) is 11.0. The van der Waals surface area contributed by atoms with Crippen molar-refractivity contribution in [1.29, 1.82) is 0 Å². The minimum absolute atomic E-state index is 0.137. The van der Waals surface area contributed by atoms with E-state index >= 15 is 0 Å². The molecular formula is C64H42Se. The fourth-order valence-corrected chi connectivity index (χ4v) is 13.7. The third-order valence-corrected chi connectivity index (χ3v) is 16.3. The molecule has 0 fully saturated rings. The Hall–Kier alpha value is -7.54. The maximum atomic E-state index is 2.56. The molecule has 0 radical (unpaired) electrons. The van der Waals surface area contributed by atoms with Crippen LogP contribution in [-0.4, -0.2) is 14.5 Å². The third-order valence-electron chi connectivity index (χ3n) is 13.7. The van der Waals surface area contributed by atoms with Crippen LogP contribution < -0.4 is 9.31 Å². The summed E-state index contributed by atoms with van der Waals surface area (Å²) in [5.41, 5.74) is 15.6. The van der Waals surface area contributed by atoms with Crippen LogP contribution in [0.15, 0.2) is 224 Å². The first kappa shape index (κ1) is 38.0. The summed E-state index contributed by atoms with van der Waals surface area (Å²) in [6.45, 7) is 0. The van der Waals surface area contributed by atoms with Crippen molar-refractivity contribution in [2.75, 3.05) is 0 Å². The first-order valence-electron chi connectivity index (χ1n) is 22.7. The van der Waals surface area contributed by atoms with Crippen LogP contribution in [0.4, 0.5) is 0 Å². The van der Waals surface area contributed by atoms with Gasteiger partial charge in [-0.05, 0) is 0 Å². The molecule has 1 aliphatic carbocycles. The normalized spacial score (nSPS) is 12.6. The molecule has 0 nitrogen and oxygen atoms in total. The van der Waals surface area contributed by atoms with Crippen molar-refractivity contribution in [3.8, 4) is 55.6 Å². The Morgan fingerprint density at radius 1 is 0.292 bits per heavy atom. The molecule has 304 valence electrons. The molecule has 0 atom stereocenters. The van der Waals surface area contributed by atoms with Crippen LogP contribution in [0.3, 0.4) is 0 Å². The molecule has 0 amide bonds. The molecule has 12 aromatic rings. The zero-order valence-corrected chi connectivity index (χ0v) is 37.5. The second-order valence-electron chi connectivity index (χ2n) is 17.3. The summed E-state index contributed by atoms with van der Waals surface area (Å²) in [5, 5.41) is 13.3. The molecule has 11 aromatic carbocycles. The Labute approximate surface area is 384 Å². The molecule has 13 rings (SSSR count). The molecule has 0 unspecified atom stereocenters. The quantitative estimate of drug-likeness (QED) is 0.115. The molecule has 1 aliphatic rings. The van der Waals surface area contributed by atoms with E-state index in [1.165, 1.54) is 129 Å². The summed E-state index contributed by atoms with van der Waals surface area (Å²) in [6, 6.07) is 83.6. The first-order valence-corrected chi connectivity index (χ1v) is 24.4. The van der Waals surface area contributed by atoms with Crippen molar-refractivity contribution in [3.05, 3.63) is 239 Å². The van der Waals surface area contributed by atoms with E-state index in [-0.39, 0.29) is 14.5 Å². The molecule has 1 heteroatoms. The van der Waals surface area contributed by atoms with Crippen LogP contribution in [0.1, 0.15) is 18.4 Å². The zero-order valence-electron chi connectivity index (χ0n) is 35.8. The molecule has 0 saturated carbocycles. The number of benzene rings is 11. The molecule has 0 saturated heterocycles. The van der Waals surface area contributed by atoms with E-state index in [1.54, 1.807) is 0 Å². The second-order valence-corrected chi connectivity index (χ2v) is 19.5. The van der Waals surface area contributed by atoms with E-state index in [4.69, 9.17) is 0 Å². The summed E-state index contributed by atoms with van der Waals surface area (Å²) in [4.78, 5) is 0. The van der Waals surface area contributed by atoms with E-state index in [2.05, 4.69) is 231 Å². The van der Waals surface area contributed by atoms with Gasteiger partial charge in [-0.25, -0.2) is 0 Å². The number of hydrogen-bond donors (Lipinski definition) is 0. The average Bonchev–Trinajstić information content (AvgIpc) is 3.77. The van der Waals surface area contributed by atoms with Crippen molar-refractivity contribution in [2.24, 2.45) is 0 Å². The van der Waals surface area contributed by atoms with Gasteiger partial charge in [0, 0.05) is 0 Å². The number of rotatable bonds is 6. The van der Waals surface area contributed by atoms with Gasteiger partial charge in [-0.2, -0.15) is 0 Å². The third kappa shape index (κ3) is 6.19. The van der Waals surface area contributed by atoms with Crippen LogP contribution in [0.25, 0.3) is 120 Å². The second kappa shape index (κ2) is 15.6. The molecule has 0 N–H and O–H groups in total. The molecule has 1 aromatic heterocycles. The Kier molecular flexibility index (Phi) is 9.12. The van der Waals surface area contributed by atoms with Crippen molar-refractivity contribution >= 4 is 78.9 Å². The van der Waals surface area contributed by atoms with Gasteiger partial charge in [0.05, 0.1) is 0 Å². The Balaban J connectivity index is 1.09. The Bertz CT molecular complexity index is 3800. The van der Waals surface area contributed by atoms with E-state index in [1.807, 2.05) is 0 Å². The van der Waals surface area contributed by atoms with Gasteiger partial charge in [0.25, 0.3) is 0 Å². The number of fused-ring (bicyclic) bond motifs is 7. The Morgan fingerprint density at radius 3 is 1.17 bits per heavy atom. The molecule has 0 aliphatic heterocycles. The van der Waals surface area contributed by atoms with Crippen LogP contribution >= 0.6 is 0 Å². The van der Waals surface area contributed by atoms with Gasteiger partial charge in [0.2, 0.25) is 0 Å². The summed E-state index contributed by atoms with van der Waals surface area (Å²) in [5.74, 6) is 0. The van der Waals surface area contributed by atoms with Crippen molar-refractivity contribution in [3.63, 3.8) is 0 Å². The van der Waals surface area contributed by atoms with Gasteiger partial charge in [0.15, 0.2) is 0 Å². The molecule has 0 bridgehead atoms. The van der Waals surface area contributed by atoms with E-state index in [0.29, 0.717) is 0 Å². The topological polar surface area (TPSA) is 0 Å². The predicted octanol–water partition coefficient (Wildman–Crippen LogP) is 15.6. The first-order chi connectivity index (χ1) is 32.3. The van der Waals surface area contributed by atoms with Crippen LogP contribution in [0.2, 0.25) is 0 Å². The van der Waals surface area contributed by atoms with Crippen molar-refractivity contribution < 1.29 is 0 Å². The van der Waals surface area contributed by atoms with Crippen LogP contribution in [0, 0.1) is 0 Å². The molecule has 1 heterocycles. The van der Waals surface area contributed by atoms with Gasteiger partial charge in [0.1, 0.15) is 0 Å². The fraction of sp³-hybridized carbons (Fsp3) is 0.0312. The van der Waals surface area contributed by atoms with Crippen LogP contribution in [0.5, 0.6) is 0 Å². The Morgan fingerprint density at radius 2 is 0.677 bits per heavy atom. The van der Waals surface area contributed by atoms with E-state index in [9.17, 15) is 0 Å². The van der Waals surface area contributed by atoms with Gasteiger partial charge >= 0.3 is 375 Å².